The van der Waals surface area contributed by atoms with Crippen molar-refractivity contribution >= 4 is 23.2 Å². The first-order chi connectivity index (χ1) is 7.70. The Kier molecular flexibility index (Phi) is 3.44. The minimum Gasteiger partial charge on any atom is -0.311 e. The molecule has 16 heavy (non-hydrogen) atoms. The van der Waals surface area contributed by atoms with Crippen molar-refractivity contribution in [2.75, 3.05) is 17.3 Å². The first-order valence-corrected chi connectivity index (χ1v) is 5.86. The van der Waals surface area contributed by atoms with E-state index in [1.165, 1.54) is 12.1 Å². The van der Waals surface area contributed by atoms with E-state index in [0.717, 1.165) is 18.5 Å². The molecule has 0 aliphatic heterocycles. The number of hydrogen-bond acceptors (Lipinski definition) is 1. The quantitative estimate of drug-likeness (QED) is 0.743. The number of rotatable bonds is 4. The molecule has 0 unspecified atom stereocenters. The van der Waals surface area contributed by atoms with Gasteiger partial charge in [-0.1, -0.05) is 0 Å². The molecule has 1 aromatic rings. The summed E-state index contributed by atoms with van der Waals surface area (Å²) in [5, 5.41) is 0. The number of hydrogen-bond donors (Lipinski definition) is 0. The van der Waals surface area contributed by atoms with Crippen molar-refractivity contribution in [3.8, 4) is 0 Å². The molecule has 0 atom stereocenters. The Bertz CT molecular complexity index is 375. The number of amides is 1. The third kappa shape index (κ3) is 2.73. The van der Waals surface area contributed by atoms with Gasteiger partial charge in [0.2, 0.25) is 5.91 Å². The van der Waals surface area contributed by atoms with Crippen LogP contribution in [0.1, 0.15) is 12.8 Å². The molecule has 1 aliphatic carbocycles. The predicted molar refractivity (Wildman–Crippen MR) is 62.2 cm³/mol. The summed E-state index contributed by atoms with van der Waals surface area (Å²) in [7, 11) is 0. The lowest BCUT2D eigenvalue weighted by atomic mass is 10.2. The largest absolute Gasteiger partial charge is 0.311 e. The Hall–Kier alpha value is -1.09. The monoisotopic (exact) mass is 241 g/mol. The van der Waals surface area contributed by atoms with Crippen molar-refractivity contribution in [2.45, 2.75) is 12.8 Å². The van der Waals surface area contributed by atoms with Crippen LogP contribution in [0.3, 0.4) is 0 Å². The molecule has 0 spiro atoms. The van der Waals surface area contributed by atoms with Crippen LogP contribution in [-0.4, -0.2) is 18.3 Å². The van der Waals surface area contributed by atoms with E-state index in [4.69, 9.17) is 11.6 Å². The number of anilines is 1. The van der Waals surface area contributed by atoms with Gasteiger partial charge in [-0.05, 0) is 43.0 Å². The second kappa shape index (κ2) is 4.83. The fraction of sp³-hybridized carbons (Fsp3) is 0.417. The van der Waals surface area contributed by atoms with E-state index in [1.54, 1.807) is 17.0 Å². The highest BCUT2D eigenvalue weighted by molar-refractivity contribution is 6.29. The molecular weight excluding hydrogens is 229 g/mol. The maximum Gasteiger partial charge on any atom is 0.241 e. The zero-order chi connectivity index (χ0) is 11.5. The first kappa shape index (κ1) is 11.4. The molecule has 0 radical (unpaired) electrons. The van der Waals surface area contributed by atoms with E-state index < -0.39 is 0 Å². The molecule has 1 fully saturated rings. The molecule has 0 N–H and O–H groups in total. The summed E-state index contributed by atoms with van der Waals surface area (Å²) in [5.74, 6) is 0.121. The number of alkyl halides is 1. The van der Waals surface area contributed by atoms with E-state index in [0.29, 0.717) is 12.5 Å². The normalized spacial score (nSPS) is 14.9. The van der Waals surface area contributed by atoms with Crippen LogP contribution < -0.4 is 4.90 Å². The van der Waals surface area contributed by atoms with Crippen molar-refractivity contribution in [3.05, 3.63) is 30.1 Å². The molecule has 4 heteroatoms. The number of nitrogens with zero attached hydrogens (tertiary/aromatic N) is 1. The average molecular weight is 242 g/mol. The summed E-state index contributed by atoms with van der Waals surface area (Å²) in [6, 6.07) is 5.94. The van der Waals surface area contributed by atoms with Crippen molar-refractivity contribution in [1.29, 1.82) is 0 Å². The molecule has 1 aliphatic rings. The second-order valence-electron chi connectivity index (χ2n) is 4.06. The number of carbonyl (C=O) groups is 1. The fourth-order valence-electron chi connectivity index (χ4n) is 1.60. The lowest BCUT2D eigenvalue weighted by Crippen LogP contribution is -2.33. The molecule has 0 heterocycles. The zero-order valence-electron chi connectivity index (χ0n) is 8.83. The summed E-state index contributed by atoms with van der Waals surface area (Å²) < 4.78 is 12.8. The van der Waals surface area contributed by atoms with Crippen molar-refractivity contribution in [1.82, 2.24) is 0 Å². The van der Waals surface area contributed by atoms with E-state index in [9.17, 15) is 9.18 Å². The Labute approximate surface area is 99.0 Å². The summed E-state index contributed by atoms with van der Waals surface area (Å²) in [6.07, 6.45) is 2.32. The minimum atomic E-state index is -0.298. The van der Waals surface area contributed by atoms with E-state index in [2.05, 4.69) is 0 Å². The van der Waals surface area contributed by atoms with Gasteiger partial charge in [-0.25, -0.2) is 4.39 Å². The summed E-state index contributed by atoms with van der Waals surface area (Å²) in [4.78, 5) is 13.3. The van der Waals surface area contributed by atoms with Crippen LogP contribution in [0.2, 0.25) is 0 Å². The third-order valence-electron chi connectivity index (χ3n) is 2.69. The van der Waals surface area contributed by atoms with Crippen LogP contribution in [0.15, 0.2) is 24.3 Å². The molecule has 1 aromatic carbocycles. The number of carbonyl (C=O) groups excluding carboxylic acids is 1. The molecule has 1 saturated carbocycles. The van der Waals surface area contributed by atoms with Gasteiger partial charge >= 0.3 is 0 Å². The average Bonchev–Trinajstić information content (AvgIpc) is 3.10. The van der Waals surface area contributed by atoms with Gasteiger partial charge in [-0.15, -0.1) is 11.6 Å². The van der Waals surface area contributed by atoms with E-state index in [1.807, 2.05) is 0 Å². The van der Waals surface area contributed by atoms with E-state index in [-0.39, 0.29) is 17.6 Å². The third-order valence-corrected chi connectivity index (χ3v) is 2.92. The van der Waals surface area contributed by atoms with Crippen LogP contribution in [0.25, 0.3) is 0 Å². The van der Waals surface area contributed by atoms with Gasteiger partial charge in [0, 0.05) is 12.2 Å². The maximum absolute atomic E-state index is 12.8. The molecule has 2 rings (SSSR count). The minimum absolute atomic E-state index is 0.0376. The van der Waals surface area contributed by atoms with Gasteiger partial charge in [0.1, 0.15) is 11.7 Å². The lowest BCUT2D eigenvalue weighted by molar-refractivity contribution is -0.116. The summed E-state index contributed by atoms with van der Waals surface area (Å²) >= 11 is 5.57. The molecule has 0 aromatic heterocycles. The Morgan fingerprint density at radius 3 is 2.50 bits per heavy atom. The van der Waals surface area contributed by atoms with Crippen LogP contribution >= 0.6 is 11.6 Å². The van der Waals surface area contributed by atoms with Crippen LogP contribution in [0.4, 0.5) is 10.1 Å². The van der Waals surface area contributed by atoms with Crippen molar-refractivity contribution in [2.24, 2.45) is 5.92 Å². The number of halogens is 2. The molecule has 2 nitrogen and oxygen atoms in total. The molecule has 0 saturated heterocycles. The highest BCUT2D eigenvalue weighted by Gasteiger charge is 2.27. The van der Waals surface area contributed by atoms with Crippen LogP contribution in [0, 0.1) is 11.7 Å². The van der Waals surface area contributed by atoms with Gasteiger partial charge in [0.25, 0.3) is 0 Å². The smallest absolute Gasteiger partial charge is 0.241 e. The van der Waals surface area contributed by atoms with Crippen molar-refractivity contribution < 1.29 is 9.18 Å². The second-order valence-corrected chi connectivity index (χ2v) is 4.33. The standard InChI is InChI=1S/C12H13ClFNO/c13-7-12(16)15(8-9-1-2-9)11-5-3-10(14)4-6-11/h3-6,9H,1-2,7-8H2. The van der Waals surface area contributed by atoms with Crippen molar-refractivity contribution in [3.63, 3.8) is 0 Å². The predicted octanol–water partition coefficient (Wildman–Crippen LogP) is 2.81. The maximum atomic E-state index is 12.8. The molecule has 86 valence electrons. The van der Waals surface area contributed by atoms with E-state index >= 15 is 0 Å². The molecule has 1 amide bonds. The Morgan fingerprint density at radius 2 is 2.00 bits per heavy atom. The zero-order valence-corrected chi connectivity index (χ0v) is 9.58. The highest BCUT2D eigenvalue weighted by Crippen LogP contribution is 2.31. The van der Waals surface area contributed by atoms with Gasteiger partial charge < -0.3 is 4.90 Å². The summed E-state index contributed by atoms with van der Waals surface area (Å²) in [5.41, 5.74) is 0.721. The highest BCUT2D eigenvalue weighted by atomic mass is 35.5. The van der Waals surface area contributed by atoms with Gasteiger partial charge in [0.15, 0.2) is 0 Å². The lowest BCUT2D eigenvalue weighted by Gasteiger charge is -2.21. The Balaban J connectivity index is 2.15. The molecule has 0 bridgehead atoms. The Morgan fingerprint density at radius 1 is 1.38 bits per heavy atom. The SMILES string of the molecule is O=C(CCl)N(CC1CC1)c1ccc(F)cc1. The summed E-state index contributed by atoms with van der Waals surface area (Å²) in [6.45, 7) is 0.692. The van der Waals surface area contributed by atoms with Gasteiger partial charge in [-0.2, -0.15) is 0 Å². The van der Waals surface area contributed by atoms with Gasteiger partial charge in [-0.3, -0.25) is 4.79 Å². The number of benzene rings is 1. The molecular formula is C12H13ClFNO. The van der Waals surface area contributed by atoms with Crippen LogP contribution in [0.5, 0.6) is 0 Å². The van der Waals surface area contributed by atoms with Crippen LogP contribution in [-0.2, 0) is 4.79 Å². The topological polar surface area (TPSA) is 20.3 Å². The first-order valence-electron chi connectivity index (χ1n) is 5.32. The fourth-order valence-corrected chi connectivity index (χ4v) is 1.75. The van der Waals surface area contributed by atoms with Gasteiger partial charge in [0.05, 0.1) is 0 Å².